The summed E-state index contributed by atoms with van der Waals surface area (Å²) in [5.41, 5.74) is 0. The molecule has 0 spiro atoms. The lowest BCUT2D eigenvalue weighted by Crippen LogP contribution is -2.11. The molecule has 0 N–H and O–H groups in total. The van der Waals surface area contributed by atoms with Crippen molar-refractivity contribution in [3.8, 4) is 0 Å². The highest BCUT2D eigenvalue weighted by Gasteiger charge is 1.94. The van der Waals surface area contributed by atoms with Crippen LogP contribution in [0.3, 0.4) is 0 Å². The smallest absolute Gasteiger partial charge is 0.154 e. The number of ether oxygens (including phenoxy) is 2. The van der Waals surface area contributed by atoms with E-state index in [-0.39, 0.29) is 6.29 Å². The third-order valence-corrected chi connectivity index (χ3v) is 1.25. The number of halogens is 1. The van der Waals surface area contributed by atoms with Crippen molar-refractivity contribution in [3.05, 3.63) is 13.2 Å². The van der Waals surface area contributed by atoms with E-state index in [1.807, 2.05) is 20.8 Å². The highest BCUT2D eigenvalue weighted by atomic mass is 35.5. The van der Waals surface area contributed by atoms with Crippen LogP contribution in [0.2, 0.25) is 0 Å². The monoisotopic (exact) mass is 238 g/mol. The van der Waals surface area contributed by atoms with Crippen molar-refractivity contribution < 1.29 is 14.3 Å². The van der Waals surface area contributed by atoms with Gasteiger partial charge >= 0.3 is 0 Å². The lowest BCUT2D eigenvalue weighted by molar-refractivity contribution is -0.123. The number of carbonyl (C=O) groups excluding carboxylic acids is 1. The third-order valence-electron chi connectivity index (χ3n) is 1.03. The maximum Gasteiger partial charge on any atom is 0.154 e. The minimum Gasteiger partial charge on any atom is -0.353 e. The van der Waals surface area contributed by atoms with Crippen LogP contribution >= 0.6 is 11.6 Å². The van der Waals surface area contributed by atoms with Crippen LogP contribution in [-0.4, -0.2) is 31.7 Å². The van der Waals surface area contributed by atoms with Gasteiger partial charge in [0.2, 0.25) is 0 Å². The quantitative estimate of drug-likeness (QED) is 0.309. The van der Waals surface area contributed by atoms with Crippen molar-refractivity contribution in [1.29, 1.82) is 0 Å². The Hall–Kier alpha value is -0.380. The summed E-state index contributed by atoms with van der Waals surface area (Å²) < 4.78 is 10.1. The fraction of sp³-hybridized carbons (Fsp3) is 0.727. The SMILES string of the molecule is C=C.CCOC(C)OCC.O=CCCCl. The molecule has 15 heavy (non-hydrogen) atoms. The first-order valence-electron chi connectivity index (χ1n) is 4.95. The van der Waals surface area contributed by atoms with Crippen LogP contribution in [0, 0.1) is 0 Å². The van der Waals surface area contributed by atoms with Crippen LogP contribution in [0.4, 0.5) is 0 Å². The van der Waals surface area contributed by atoms with Gasteiger partial charge in [0.05, 0.1) is 0 Å². The first kappa shape index (κ1) is 20.1. The van der Waals surface area contributed by atoms with Crippen molar-refractivity contribution >= 4 is 17.9 Å². The average Bonchev–Trinajstić information content (AvgIpc) is 2.24. The van der Waals surface area contributed by atoms with Crippen LogP contribution in [-0.2, 0) is 14.3 Å². The molecule has 0 aromatic rings. The predicted molar refractivity (Wildman–Crippen MR) is 65.4 cm³/mol. The molecule has 0 aromatic heterocycles. The zero-order valence-corrected chi connectivity index (χ0v) is 10.8. The molecule has 0 aliphatic carbocycles. The zero-order chi connectivity index (χ0) is 12.5. The van der Waals surface area contributed by atoms with E-state index in [0.717, 1.165) is 19.5 Å². The molecule has 0 unspecified atom stereocenters. The Morgan fingerprint density at radius 1 is 1.27 bits per heavy atom. The Bertz CT molecular complexity index is 104. The summed E-state index contributed by atoms with van der Waals surface area (Å²) in [5, 5.41) is 0. The lowest BCUT2D eigenvalue weighted by Gasteiger charge is -2.09. The standard InChI is InChI=1S/C6H14O2.C3H5ClO.C2H4/c1-4-7-6(3)8-5-2;4-2-1-3-5;1-2/h6H,4-5H2,1-3H3;3H,1-2H2;1-2H2. The van der Waals surface area contributed by atoms with Gasteiger partial charge in [0, 0.05) is 25.5 Å². The number of alkyl halides is 1. The molecule has 0 saturated carbocycles. The molecule has 0 aromatic carbocycles. The Morgan fingerprint density at radius 3 is 1.80 bits per heavy atom. The summed E-state index contributed by atoms with van der Waals surface area (Å²) in [5.74, 6) is 0.448. The summed E-state index contributed by atoms with van der Waals surface area (Å²) in [6.07, 6.45) is 1.24. The normalized spacial score (nSPS) is 8.33. The Balaban J connectivity index is -0.000000177. The number of hydrogen-bond donors (Lipinski definition) is 0. The van der Waals surface area contributed by atoms with Crippen molar-refractivity contribution in [1.82, 2.24) is 0 Å². The minimum absolute atomic E-state index is 0.0370. The maximum atomic E-state index is 9.32. The molecule has 92 valence electrons. The van der Waals surface area contributed by atoms with Crippen LogP contribution < -0.4 is 0 Å². The van der Waals surface area contributed by atoms with Crippen molar-refractivity contribution in [2.45, 2.75) is 33.5 Å². The van der Waals surface area contributed by atoms with Crippen LogP contribution in [0.25, 0.3) is 0 Å². The molecule has 0 amide bonds. The van der Waals surface area contributed by atoms with Crippen molar-refractivity contribution in [2.24, 2.45) is 0 Å². The molecule has 4 heteroatoms. The molecular weight excluding hydrogens is 216 g/mol. The third kappa shape index (κ3) is 31.7. The van der Waals surface area contributed by atoms with E-state index in [1.165, 1.54) is 0 Å². The summed E-state index contributed by atoms with van der Waals surface area (Å²) in [6.45, 7) is 13.3. The Kier molecular flexibility index (Phi) is 31.4. The fourth-order valence-electron chi connectivity index (χ4n) is 0.562. The fourth-order valence-corrected chi connectivity index (χ4v) is 0.651. The molecule has 0 aliphatic heterocycles. The first-order chi connectivity index (χ1) is 7.22. The van der Waals surface area contributed by atoms with Gasteiger partial charge in [0.15, 0.2) is 6.29 Å². The summed E-state index contributed by atoms with van der Waals surface area (Å²) in [6, 6.07) is 0. The van der Waals surface area contributed by atoms with Gasteiger partial charge in [-0.2, -0.15) is 0 Å². The van der Waals surface area contributed by atoms with Gasteiger partial charge in [-0.25, -0.2) is 0 Å². The molecule has 0 aliphatic rings. The maximum absolute atomic E-state index is 9.32. The van der Waals surface area contributed by atoms with E-state index in [4.69, 9.17) is 21.1 Å². The molecule has 0 heterocycles. The van der Waals surface area contributed by atoms with Crippen LogP contribution in [0.15, 0.2) is 13.2 Å². The highest BCUT2D eigenvalue weighted by Crippen LogP contribution is 1.90. The highest BCUT2D eigenvalue weighted by molar-refractivity contribution is 6.18. The second kappa shape index (κ2) is 23.4. The number of rotatable bonds is 6. The largest absolute Gasteiger partial charge is 0.353 e. The van der Waals surface area contributed by atoms with Gasteiger partial charge in [-0.15, -0.1) is 24.8 Å². The van der Waals surface area contributed by atoms with E-state index in [9.17, 15) is 4.79 Å². The lowest BCUT2D eigenvalue weighted by atomic mass is 10.6. The predicted octanol–water partition coefficient (Wildman–Crippen LogP) is 3.02. The summed E-state index contributed by atoms with van der Waals surface area (Å²) >= 11 is 5.07. The Labute approximate surface area is 98.4 Å². The average molecular weight is 239 g/mol. The van der Waals surface area contributed by atoms with Gasteiger partial charge in [-0.3, -0.25) is 0 Å². The van der Waals surface area contributed by atoms with Crippen LogP contribution in [0.1, 0.15) is 27.2 Å². The van der Waals surface area contributed by atoms with E-state index >= 15 is 0 Å². The Morgan fingerprint density at radius 2 is 1.67 bits per heavy atom. The topological polar surface area (TPSA) is 35.5 Å². The summed E-state index contributed by atoms with van der Waals surface area (Å²) in [4.78, 5) is 9.32. The molecule has 0 saturated heterocycles. The number of carbonyl (C=O) groups is 1. The van der Waals surface area contributed by atoms with Crippen LogP contribution in [0.5, 0.6) is 0 Å². The first-order valence-corrected chi connectivity index (χ1v) is 5.49. The van der Waals surface area contributed by atoms with E-state index in [2.05, 4.69) is 13.2 Å². The second-order valence-corrected chi connectivity index (χ2v) is 2.50. The molecule has 0 atom stereocenters. The van der Waals surface area contributed by atoms with Crippen molar-refractivity contribution in [3.63, 3.8) is 0 Å². The van der Waals surface area contributed by atoms with Gasteiger partial charge in [0.1, 0.15) is 6.29 Å². The molecule has 0 bridgehead atoms. The van der Waals surface area contributed by atoms with Crippen molar-refractivity contribution in [2.75, 3.05) is 19.1 Å². The van der Waals surface area contributed by atoms with E-state index in [0.29, 0.717) is 12.3 Å². The minimum atomic E-state index is -0.0370. The molecule has 0 fully saturated rings. The molecule has 3 nitrogen and oxygen atoms in total. The number of hydrogen-bond acceptors (Lipinski definition) is 3. The van der Waals surface area contributed by atoms with Gasteiger partial charge in [-0.1, -0.05) is 0 Å². The second-order valence-electron chi connectivity index (χ2n) is 2.12. The van der Waals surface area contributed by atoms with Gasteiger partial charge in [0.25, 0.3) is 0 Å². The zero-order valence-electron chi connectivity index (χ0n) is 10.0. The van der Waals surface area contributed by atoms with E-state index < -0.39 is 0 Å². The molecular formula is C11H23ClO3. The van der Waals surface area contributed by atoms with Gasteiger partial charge in [-0.05, 0) is 20.8 Å². The molecule has 0 radical (unpaired) electrons. The van der Waals surface area contributed by atoms with E-state index in [1.54, 1.807) is 0 Å². The summed E-state index contributed by atoms with van der Waals surface area (Å²) in [7, 11) is 0. The number of aldehydes is 1. The molecule has 0 rings (SSSR count). The van der Waals surface area contributed by atoms with Gasteiger partial charge < -0.3 is 14.3 Å².